The van der Waals surface area contributed by atoms with E-state index in [1.165, 1.54) is 16.0 Å². The Morgan fingerprint density at radius 2 is 2.08 bits per heavy atom. The second kappa shape index (κ2) is 8.40. The molecule has 0 radical (unpaired) electrons. The number of hydrogen-bond donors (Lipinski definition) is 3. The van der Waals surface area contributed by atoms with Gasteiger partial charge in [-0.1, -0.05) is 12.1 Å². The van der Waals surface area contributed by atoms with Gasteiger partial charge in [0.25, 0.3) is 5.91 Å². The number of fused-ring (bicyclic) bond motifs is 1. The monoisotopic (exact) mass is 361 g/mol. The van der Waals surface area contributed by atoms with Crippen molar-refractivity contribution in [1.29, 1.82) is 0 Å². The Hall–Kier alpha value is -1.99. The van der Waals surface area contributed by atoms with Gasteiger partial charge < -0.3 is 15.5 Å². The number of aromatic nitrogens is 1. The molecule has 1 aromatic heterocycles. The van der Waals surface area contributed by atoms with Crippen LogP contribution in [0, 0.1) is 0 Å². The highest BCUT2D eigenvalue weighted by atomic mass is 32.1. The molecule has 6 nitrogen and oxygen atoms in total. The average Bonchev–Trinajstić information content (AvgIpc) is 3.04. The van der Waals surface area contributed by atoms with Crippen molar-refractivity contribution in [2.45, 2.75) is 32.2 Å². The second-order valence-electron chi connectivity index (χ2n) is 6.38. The van der Waals surface area contributed by atoms with Gasteiger partial charge >= 0.3 is 0 Å². The Morgan fingerprint density at radius 3 is 2.88 bits per heavy atom. The van der Waals surface area contributed by atoms with Gasteiger partial charge in [-0.2, -0.15) is 0 Å². The number of nitrogens with one attached hydrogen (secondary N) is 3. The minimum Gasteiger partial charge on any atom is -0.355 e. The molecule has 0 spiro atoms. The fourth-order valence-electron chi connectivity index (χ4n) is 3.33. The molecule has 1 saturated heterocycles. The molecule has 1 unspecified atom stereocenters. The van der Waals surface area contributed by atoms with E-state index in [0.29, 0.717) is 13.1 Å². The standard InChI is InChI=1S/C18H24N4O2S/c1-2-19-16(23)11-20-17(24)12-22-10-6-5-8-14(22)18-21-13-7-3-4-9-15(13)25-18/h3-4,7,9,14H,2,5-6,8,10-12H2,1H3,(H,19,23)(H,20,24)/p+1/t14-/m1/s1. The third-order valence-corrected chi connectivity index (χ3v) is 5.70. The fourth-order valence-corrected chi connectivity index (χ4v) is 4.50. The van der Waals surface area contributed by atoms with Crippen LogP contribution in [0.1, 0.15) is 37.2 Å². The molecule has 3 N–H and O–H groups in total. The number of amides is 2. The van der Waals surface area contributed by atoms with Gasteiger partial charge in [-0.25, -0.2) is 4.98 Å². The molecule has 25 heavy (non-hydrogen) atoms. The predicted molar refractivity (Wildman–Crippen MR) is 98.6 cm³/mol. The number of nitrogens with zero attached hydrogens (tertiary/aromatic N) is 1. The summed E-state index contributed by atoms with van der Waals surface area (Å²) in [4.78, 5) is 29.8. The number of rotatable bonds is 6. The van der Waals surface area contributed by atoms with E-state index in [0.717, 1.165) is 29.9 Å². The number of piperidine rings is 1. The molecule has 1 aliphatic heterocycles. The summed E-state index contributed by atoms with van der Waals surface area (Å²) in [7, 11) is 0. The lowest BCUT2D eigenvalue weighted by Gasteiger charge is -2.30. The lowest BCUT2D eigenvalue weighted by Crippen LogP contribution is -3.14. The van der Waals surface area contributed by atoms with Crippen LogP contribution in [-0.4, -0.2) is 43.0 Å². The van der Waals surface area contributed by atoms with Crippen LogP contribution in [0.4, 0.5) is 0 Å². The summed E-state index contributed by atoms with van der Waals surface area (Å²) in [5.74, 6) is -0.221. The molecule has 0 bridgehead atoms. The highest BCUT2D eigenvalue weighted by Gasteiger charge is 2.31. The van der Waals surface area contributed by atoms with E-state index in [4.69, 9.17) is 4.98 Å². The maximum Gasteiger partial charge on any atom is 0.275 e. The largest absolute Gasteiger partial charge is 0.355 e. The Morgan fingerprint density at radius 1 is 1.24 bits per heavy atom. The number of carbonyl (C=O) groups is 2. The van der Waals surface area contributed by atoms with Gasteiger partial charge in [0.1, 0.15) is 6.04 Å². The molecule has 1 aliphatic rings. The molecule has 2 heterocycles. The Bertz CT molecular complexity index is 713. The molecule has 2 amide bonds. The minimum atomic E-state index is -0.146. The first kappa shape index (κ1) is 17.8. The molecule has 0 saturated carbocycles. The zero-order valence-corrected chi connectivity index (χ0v) is 15.3. The van der Waals surface area contributed by atoms with Crippen molar-refractivity contribution in [3.63, 3.8) is 0 Å². The fraction of sp³-hybridized carbons (Fsp3) is 0.500. The molecule has 1 fully saturated rings. The van der Waals surface area contributed by atoms with Gasteiger partial charge in [0.2, 0.25) is 5.91 Å². The number of benzene rings is 1. The first-order valence-corrected chi connectivity index (χ1v) is 9.72. The van der Waals surface area contributed by atoms with Gasteiger partial charge in [-0.05, 0) is 31.9 Å². The summed E-state index contributed by atoms with van der Waals surface area (Å²) in [6.45, 7) is 3.84. The van der Waals surface area contributed by atoms with Crippen LogP contribution >= 0.6 is 11.3 Å². The average molecular weight is 361 g/mol. The second-order valence-corrected chi connectivity index (χ2v) is 7.45. The van der Waals surface area contributed by atoms with E-state index < -0.39 is 0 Å². The summed E-state index contributed by atoms with van der Waals surface area (Å²) in [5.41, 5.74) is 1.04. The maximum absolute atomic E-state index is 12.2. The minimum absolute atomic E-state index is 0.0474. The van der Waals surface area contributed by atoms with Crippen molar-refractivity contribution in [1.82, 2.24) is 15.6 Å². The van der Waals surface area contributed by atoms with E-state index >= 15 is 0 Å². The van der Waals surface area contributed by atoms with Crippen molar-refractivity contribution in [3.05, 3.63) is 29.3 Å². The molecular weight excluding hydrogens is 336 g/mol. The number of likely N-dealkylation sites (N-methyl/N-ethyl adjacent to an activating group) is 1. The molecule has 1 aromatic carbocycles. The predicted octanol–water partition coefficient (Wildman–Crippen LogP) is 0.659. The van der Waals surface area contributed by atoms with Gasteiger partial charge in [0.05, 0.1) is 23.3 Å². The zero-order valence-electron chi connectivity index (χ0n) is 14.5. The Kier molecular flexibility index (Phi) is 5.99. The third kappa shape index (κ3) is 4.55. The highest BCUT2D eigenvalue weighted by Crippen LogP contribution is 2.28. The summed E-state index contributed by atoms with van der Waals surface area (Å²) in [6.07, 6.45) is 3.35. The van der Waals surface area contributed by atoms with Crippen molar-refractivity contribution < 1.29 is 14.5 Å². The van der Waals surface area contributed by atoms with E-state index in [9.17, 15) is 9.59 Å². The molecular formula is C18H25N4O2S+. The lowest BCUT2D eigenvalue weighted by molar-refractivity contribution is -0.929. The van der Waals surface area contributed by atoms with Crippen LogP contribution in [-0.2, 0) is 9.59 Å². The molecule has 134 valence electrons. The SMILES string of the molecule is CCNC(=O)CNC(=O)C[NH+]1CCCC[C@@H]1c1nc2ccccc2s1. The third-order valence-electron chi connectivity index (χ3n) is 4.55. The molecule has 3 rings (SSSR count). The van der Waals surface area contributed by atoms with Gasteiger partial charge in [-0.15, -0.1) is 11.3 Å². The van der Waals surface area contributed by atoms with Crippen LogP contribution in [0.25, 0.3) is 10.2 Å². The zero-order chi connectivity index (χ0) is 17.6. The number of thiazole rings is 1. The van der Waals surface area contributed by atoms with E-state index in [1.807, 2.05) is 25.1 Å². The molecule has 2 aromatic rings. The van der Waals surface area contributed by atoms with E-state index in [-0.39, 0.29) is 24.4 Å². The number of likely N-dealkylation sites (tertiary alicyclic amines) is 1. The number of para-hydroxylation sites is 1. The highest BCUT2D eigenvalue weighted by molar-refractivity contribution is 7.18. The molecule has 0 aliphatic carbocycles. The van der Waals surface area contributed by atoms with E-state index in [1.54, 1.807) is 11.3 Å². The Labute approximate surface area is 151 Å². The number of hydrogen-bond acceptors (Lipinski definition) is 4. The van der Waals surface area contributed by atoms with Crippen LogP contribution in [0.15, 0.2) is 24.3 Å². The van der Waals surface area contributed by atoms with Gasteiger partial charge in [-0.3, -0.25) is 9.59 Å². The first-order chi connectivity index (χ1) is 12.2. The van der Waals surface area contributed by atoms with Crippen LogP contribution < -0.4 is 15.5 Å². The van der Waals surface area contributed by atoms with Crippen molar-refractivity contribution in [2.24, 2.45) is 0 Å². The maximum atomic E-state index is 12.2. The van der Waals surface area contributed by atoms with Crippen LogP contribution in [0.3, 0.4) is 0 Å². The van der Waals surface area contributed by atoms with Crippen molar-refractivity contribution >= 4 is 33.4 Å². The van der Waals surface area contributed by atoms with Crippen molar-refractivity contribution in [3.8, 4) is 0 Å². The molecule has 7 heteroatoms. The number of quaternary nitrogens is 1. The number of carbonyl (C=O) groups excluding carboxylic acids is 2. The van der Waals surface area contributed by atoms with Crippen molar-refractivity contribution in [2.75, 3.05) is 26.2 Å². The van der Waals surface area contributed by atoms with Gasteiger partial charge in [0, 0.05) is 13.0 Å². The van der Waals surface area contributed by atoms with E-state index in [2.05, 4.69) is 16.7 Å². The molecule has 2 atom stereocenters. The topological polar surface area (TPSA) is 75.5 Å². The van der Waals surface area contributed by atoms with Gasteiger partial charge in [0.15, 0.2) is 11.6 Å². The van der Waals surface area contributed by atoms with Crippen LogP contribution in [0.5, 0.6) is 0 Å². The summed E-state index contributed by atoms with van der Waals surface area (Å²) in [6, 6.07) is 8.44. The smallest absolute Gasteiger partial charge is 0.275 e. The summed E-state index contributed by atoms with van der Waals surface area (Å²) < 4.78 is 1.20. The quantitative estimate of drug-likeness (QED) is 0.707. The lowest BCUT2D eigenvalue weighted by atomic mass is 10.0. The summed E-state index contributed by atoms with van der Waals surface area (Å²) in [5, 5.41) is 6.53. The van der Waals surface area contributed by atoms with Crippen LogP contribution in [0.2, 0.25) is 0 Å². The first-order valence-electron chi connectivity index (χ1n) is 8.91. The summed E-state index contributed by atoms with van der Waals surface area (Å²) >= 11 is 1.73. The Balaban J connectivity index is 1.64. The normalized spacial score (nSPS) is 20.4.